The highest BCUT2D eigenvalue weighted by molar-refractivity contribution is 5.95. The van der Waals surface area contributed by atoms with Gasteiger partial charge in [0.15, 0.2) is 0 Å². The van der Waals surface area contributed by atoms with Crippen molar-refractivity contribution >= 4 is 0 Å². The average molecular weight is 917 g/mol. The molecule has 0 aliphatic heterocycles. The Morgan fingerprint density at radius 1 is 0.366 bits per heavy atom. The molecule has 5 heteroatoms. The van der Waals surface area contributed by atoms with Crippen LogP contribution < -0.4 is 0 Å². The molecule has 0 saturated carbocycles. The molecule has 0 radical (unpaired) electrons. The number of hydrogen-bond donors (Lipinski definition) is 0. The van der Waals surface area contributed by atoms with Crippen molar-refractivity contribution < 1.29 is 4.11 Å². The summed E-state index contributed by atoms with van der Waals surface area (Å²) in [5.41, 5.74) is 21.5. The van der Waals surface area contributed by atoms with E-state index in [9.17, 15) is 10.5 Å². The molecular formula is C66H51N5. The largest absolute Gasteiger partial charge is 0.256 e. The van der Waals surface area contributed by atoms with E-state index in [2.05, 4.69) is 156 Å². The van der Waals surface area contributed by atoms with Gasteiger partial charge in [0.05, 0.1) is 28.2 Å². The number of aromatic nitrogens is 3. The van der Waals surface area contributed by atoms with Gasteiger partial charge >= 0.3 is 0 Å². The number of hydrogen-bond acceptors (Lipinski definition) is 5. The maximum Gasteiger partial charge on any atom is 0.101 e. The summed E-state index contributed by atoms with van der Waals surface area (Å²) in [5, 5.41) is 19.5. The molecule has 3 aromatic heterocycles. The first-order valence-corrected chi connectivity index (χ1v) is 23.9. The Balaban J connectivity index is 1.06. The zero-order valence-corrected chi connectivity index (χ0v) is 39.7. The molecule has 0 aliphatic carbocycles. The van der Waals surface area contributed by atoms with E-state index in [0.29, 0.717) is 16.8 Å². The van der Waals surface area contributed by atoms with Crippen molar-refractivity contribution in [2.24, 2.45) is 0 Å². The lowest BCUT2D eigenvalue weighted by Crippen LogP contribution is -1.98. The van der Waals surface area contributed by atoms with Crippen molar-refractivity contribution in [1.29, 1.82) is 10.5 Å². The topological polar surface area (TPSA) is 86.2 Å². The van der Waals surface area contributed by atoms with Crippen LogP contribution in [0.4, 0.5) is 0 Å². The molecule has 0 fully saturated rings. The number of aryl methyl sites for hydroxylation is 7. The number of benzene rings is 7. The predicted molar refractivity (Wildman–Crippen MR) is 289 cm³/mol. The van der Waals surface area contributed by atoms with Gasteiger partial charge in [-0.25, -0.2) is 0 Å². The molecule has 7 aromatic carbocycles. The first-order chi connectivity index (χ1) is 36.0. The minimum Gasteiger partial charge on any atom is -0.256 e. The predicted octanol–water partition coefficient (Wildman–Crippen LogP) is 15.8. The minimum absolute atomic E-state index is 0.229. The Labute approximate surface area is 421 Å². The summed E-state index contributed by atoms with van der Waals surface area (Å²) in [5.74, 6) is 0. The van der Waals surface area contributed by atoms with E-state index < -0.39 is 6.85 Å². The molecule has 10 aromatic rings. The van der Waals surface area contributed by atoms with Crippen LogP contribution in [0.5, 0.6) is 0 Å². The van der Waals surface area contributed by atoms with Crippen molar-refractivity contribution in [2.75, 3.05) is 0 Å². The average Bonchev–Trinajstić information content (AvgIpc) is 3.45. The Hall–Kier alpha value is -9.03. The molecule has 340 valence electrons. The summed E-state index contributed by atoms with van der Waals surface area (Å²) < 4.78 is 24.5. The standard InChI is InChI=1S/C66H51N5/c1-44-30-33-71-66(34-44)54-28-29-60(63(41-54)62-36-45(2)61(35-46(62)3)53-26-27-55(42-67)57(40-53)43-68)59-11-5-4-10-58(59)56-38-49(16-14-47-18-22-51(23-19-47)64-12-6-8-31-69-64)37-50(39-56)17-15-48-20-24-52(25-21-48)65-13-7-9-32-70-65/h4-13,18-41H,14-17H2,1-3H3/i1D3. The third-order valence-corrected chi connectivity index (χ3v) is 13.3. The van der Waals surface area contributed by atoms with Crippen LogP contribution in [-0.4, -0.2) is 15.0 Å². The second-order valence-corrected chi connectivity index (χ2v) is 18.1. The zero-order valence-electron chi connectivity index (χ0n) is 42.7. The molecule has 0 unspecified atom stereocenters. The van der Waals surface area contributed by atoms with Gasteiger partial charge in [0.2, 0.25) is 0 Å². The van der Waals surface area contributed by atoms with Crippen LogP contribution >= 0.6 is 0 Å². The van der Waals surface area contributed by atoms with Gasteiger partial charge in [0.1, 0.15) is 12.1 Å². The molecule has 0 amide bonds. The number of pyridine rings is 3. The Morgan fingerprint density at radius 3 is 1.51 bits per heavy atom. The fraction of sp³-hybridized carbons (Fsp3) is 0.106. The van der Waals surface area contributed by atoms with Crippen LogP contribution in [0.2, 0.25) is 0 Å². The van der Waals surface area contributed by atoms with Gasteiger partial charge in [-0.3, -0.25) is 15.0 Å². The Bertz CT molecular complexity index is 3640. The van der Waals surface area contributed by atoms with Gasteiger partial charge in [-0.15, -0.1) is 0 Å². The molecule has 0 bridgehead atoms. The minimum atomic E-state index is -2.29. The normalized spacial score (nSPS) is 11.7. The lowest BCUT2D eigenvalue weighted by Gasteiger charge is -2.20. The lowest BCUT2D eigenvalue weighted by atomic mass is 9.84. The summed E-state index contributed by atoms with van der Waals surface area (Å²) in [6.45, 7) is 1.87. The van der Waals surface area contributed by atoms with E-state index in [1.54, 1.807) is 30.5 Å². The monoisotopic (exact) mass is 916 g/mol. The van der Waals surface area contributed by atoms with Crippen molar-refractivity contribution in [3.05, 3.63) is 257 Å². The molecule has 0 N–H and O–H groups in total. The van der Waals surface area contributed by atoms with Gasteiger partial charge in [0, 0.05) is 39.4 Å². The molecule has 71 heavy (non-hydrogen) atoms. The molecule has 0 spiro atoms. The van der Waals surface area contributed by atoms with Crippen LogP contribution in [0.25, 0.3) is 78.3 Å². The van der Waals surface area contributed by atoms with Crippen LogP contribution in [0.1, 0.15) is 54.2 Å². The van der Waals surface area contributed by atoms with Crippen LogP contribution in [-0.2, 0) is 25.7 Å². The summed E-state index contributed by atoms with van der Waals surface area (Å²) in [6.07, 6.45) is 8.68. The molecule has 10 rings (SSSR count). The highest BCUT2D eigenvalue weighted by atomic mass is 14.7. The lowest BCUT2D eigenvalue weighted by molar-refractivity contribution is 0.931. The van der Waals surface area contributed by atoms with Crippen molar-refractivity contribution in [2.45, 2.75) is 46.4 Å². The van der Waals surface area contributed by atoms with Gasteiger partial charge in [-0.05, 0) is 184 Å². The first kappa shape index (κ1) is 42.1. The second kappa shape index (κ2) is 20.7. The second-order valence-electron chi connectivity index (χ2n) is 18.1. The van der Waals surface area contributed by atoms with E-state index in [1.807, 2.05) is 60.9 Å². The van der Waals surface area contributed by atoms with Crippen LogP contribution in [0.3, 0.4) is 0 Å². The molecule has 0 atom stereocenters. The van der Waals surface area contributed by atoms with Crippen molar-refractivity contribution in [3.8, 4) is 90.4 Å². The van der Waals surface area contributed by atoms with Gasteiger partial charge in [-0.1, -0.05) is 133 Å². The maximum absolute atomic E-state index is 9.88. The van der Waals surface area contributed by atoms with E-state index in [1.165, 1.54) is 22.3 Å². The molecule has 0 aliphatic rings. The quantitative estimate of drug-likeness (QED) is 0.115. The summed E-state index contributed by atoms with van der Waals surface area (Å²) in [6, 6.07) is 68.7. The highest BCUT2D eigenvalue weighted by Crippen LogP contribution is 2.43. The first-order valence-electron chi connectivity index (χ1n) is 25.4. The summed E-state index contributed by atoms with van der Waals surface area (Å²) in [7, 11) is 0. The number of nitriles is 2. The SMILES string of the molecule is [2H]C([2H])([2H])c1ccnc(-c2ccc(-c3ccccc3-c3cc(CCc4ccc(-c5ccccn5)cc4)cc(CCc4ccc(-c5ccccn5)cc4)c3)c(-c3cc(C)c(-c4ccc(C#N)c(C#N)c4)cc3C)c2)c1. The highest BCUT2D eigenvalue weighted by Gasteiger charge is 2.19. The van der Waals surface area contributed by atoms with Crippen LogP contribution in [0.15, 0.2) is 207 Å². The van der Waals surface area contributed by atoms with Crippen molar-refractivity contribution in [1.82, 2.24) is 15.0 Å². The van der Waals surface area contributed by atoms with Crippen LogP contribution in [0, 0.1) is 43.4 Å². The van der Waals surface area contributed by atoms with E-state index in [-0.39, 0.29) is 5.56 Å². The third-order valence-electron chi connectivity index (χ3n) is 13.3. The fourth-order valence-corrected chi connectivity index (χ4v) is 9.57. The van der Waals surface area contributed by atoms with E-state index in [0.717, 1.165) is 109 Å². The molecule has 3 heterocycles. The third kappa shape index (κ3) is 10.2. The Kier molecular flexibility index (Phi) is 12.3. The van der Waals surface area contributed by atoms with Gasteiger partial charge < -0.3 is 0 Å². The summed E-state index contributed by atoms with van der Waals surface area (Å²) in [4.78, 5) is 13.8. The zero-order chi connectivity index (χ0) is 51.2. The van der Waals surface area contributed by atoms with E-state index >= 15 is 0 Å². The van der Waals surface area contributed by atoms with Gasteiger partial charge in [0.25, 0.3) is 0 Å². The number of rotatable bonds is 13. The molecule has 5 nitrogen and oxygen atoms in total. The summed E-state index contributed by atoms with van der Waals surface area (Å²) >= 11 is 0. The molecule has 0 saturated heterocycles. The smallest absolute Gasteiger partial charge is 0.101 e. The van der Waals surface area contributed by atoms with Crippen molar-refractivity contribution in [3.63, 3.8) is 0 Å². The van der Waals surface area contributed by atoms with Gasteiger partial charge in [-0.2, -0.15) is 10.5 Å². The Morgan fingerprint density at radius 2 is 0.901 bits per heavy atom. The maximum atomic E-state index is 9.88. The fourth-order valence-electron chi connectivity index (χ4n) is 9.57. The molecular weight excluding hydrogens is 863 g/mol. The van der Waals surface area contributed by atoms with E-state index in [4.69, 9.17) is 4.11 Å². The number of nitrogens with zero attached hydrogens (tertiary/aromatic N) is 5.